The highest BCUT2D eigenvalue weighted by Gasteiger charge is 2.34. The largest absolute Gasteiger partial charge is 0.508 e. The predicted octanol–water partition coefficient (Wildman–Crippen LogP) is 4.68. The van der Waals surface area contributed by atoms with Crippen molar-refractivity contribution < 1.29 is 19.8 Å². The number of piperazine rings is 1. The molecule has 0 aliphatic carbocycles. The molecule has 0 radical (unpaired) electrons. The van der Waals surface area contributed by atoms with Crippen molar-refractivity contribution in [2.45, 2.75) is 31.5 Å². The summed E-state index contributed by atoms with van der Waals surface area (Å²) in [6, 6.07) is 19.3. The number of carbonyl (C=O) groups excluding carboxylic acids is 2. The van der Waals surface area contributed by atoms with E-state index in [-0.39, 0.29) is 48.0 Å². The van der Waals surface area contributed by atoms with Crippen molar-refractivity contribution in [1.82, 2.24) is 20.0 Å². The standard InChI is InChI=1S/C31H34Cl2N4O4/c32-27-7-6-22(16-28(27)33)29-20-36(31(41)23-14-25(38)17-26(39)15-23)12-13-37(29)30(40)18-34-24-8-10-35(11-9-24)19-21-4-2-1-3-5-21/h1-7,14-17,24,29,34,38-39H,8-13,18-20H2. The van der Waals surface area contributed by atoms with E-state index in [1.807, 2.05) is 12.1 Å². The zero-order chi connectivity index (χ0) is 28.9. The summed E-state index contributed by atoms with van der Waals surface area (Å²) < 4.78 is 0. The van der Waals surface area contributed by atoms with Crippen LogP contribution in [0.25, 0.3) is 0 Å². The smallest absolute Gasteiger partial charge is 0.254 e. The molecule has 5 rings (SSSR count). The number of phenols is 2. The molecule has 41 heavy (non-hydrogen) atoms. The van der Waals surface area contributed by atoms with Gasteiger partial charge in [-0.2, -0.15) is 0 Å². The highest BCUT2D eigenvalue weighted by Crippen LogP contribution is 2.32. The van der Waals surface area contributed by atoms with Crippen molar-refractivity contribution in [2.24, 2.45) is 0 Å². The Morgan fingerprint density at radius 2 is 1.56 bits per heavy atom. The van der Waals surface area contributed by atoms with Gasteiger partial charge in [-0.15, -0.1) is 0 Å². The number of benzene rings is 3. The second kappa shape index (κ2) is 13.1. The normalized spacial score (nSPS) is 18.4. The second-order valence-electron chi connectivity index (χ2n) is 10.7. The number of carbonyl (C=O) groups is 2. The Morgan fingerprint density at radius 1 is 0.854 bits per heavy atom. The van der Waals surface area contributed by atoms with Gasteiger partial charge in [0.1, 0.15) is 11.5 Å². The number of phenolic OH excluding ortho intramolecular Hbond substituents is 2. The van der Waals surface area contributed by atoms with E-state index in [1.54, 1.807) is 21.9 Å². The molecule has 216 valence electrons. The quantitative estimate of drug-likeness (QED) is 0.366. The first-order valence-electron chi connectivity index (χ1n) is 13.8. The van der Waals surface area contributed by atoms with Gasteiger partial charge in [-0.3, -0.25) is 14.5 Å². The molecule has 2 amide bonds. The highest BCUT2D eigenvalue weighted by atomic mass is 35.5. The van der Waals surface area contributed by atoms with Crippen LogP contribution in [0.4, 0.5) is 0 Å². The van der Waals surface area contributed by atoms with E-state index in [0.717, 1.165) is 38.0 Å². The van der Waals surface area contributed by atoms with Crippen LogP contribution >= 0.6 is 23.2 Å². The van der Waals surface area contributed by atoms with Crippen LogP contribution in [0.3, 0.4) is 0 Å². The predicted molar refractivity (Wildman–Crippen MR) is 159 cm³/mol. The number of halogens is 2. The number of rotatable bonds is 7. The number of likely N-dealkylation sites (tertiary alicyclic amines) is 1. The molecule has 10 heteroatoms. The zero-order valence-electron chi connectivity index (χ0n) is 22.7. The molecule has 0 saturated carbocycles. The molecule has 0 bridgehead atoms. The maximum atomic E-state index is 13.5. The first kappa shape index (κ1) is 29.2. The van der Waals surface area contributed by atoms with E-state index in [4.69, 9.17) is 23.2 Å². The van der Waals surface area contributed by atoms with E-state index in [2.05, 4.69) is 34.5 Å². The molecule has 0 spiro atoms. The van der Waals surface area contributed by atoms with Crippen molar-refractivity contribution in [3.63, 3.8) is 0 Å². The Balaban J connectivity index is 1.23. The second-order valence-corrected chi connectivity index (χ2v) is 11.5. The summed E-state index contributed by atoms with van der Waals surface area (Å²) in [6.07, 6.45) is 1.94. The molecule has 0 aromatic heterocycles. The summed E-state index contributed by atoms with van der Waals surface area (Å²) in [5.74, 6) is -0.774. The average molecular weight is 598 g/mol. The van der Waals surface area contributed by atoms with Gasteiger partial charge in [-0.05, 0) is 61.3 Å². The summed E-state index contributed by atoms with van der Waals surface area (Å²) in [4.78, 5) is 32.7. The Kier molecular flexibility index (Phi) is 9.35. The average Bonchev–Trinajstić information content (AvgIpc) is 2.97. The molecule has 8 nitrogen and oxygen atoms in total. The van der Waals surface area contributed by atoms with Crippen molar-refractivity contribution in [3.8, 4) is 11.5 Å². The van der Waals surface area contributed by atoms with Crippen LogP contribution in [-0.4, -0.2) is 82.0 Å². The van der Waals surface area contributed by atoms with Crippen LogP contribution in [0, 0.1) is 0 Å². The third-order valence-electron chi connectivity index (χ3n) is 7.84. The number of nitrogens with one attached hydrogen (secondary N) is 1. The SMILES string of the molecule is O=C(c1cc(O)cc(O)c1)N1CCN(C(=O)CNC2CCN(Cc3ccccc3)CC2)C(c2ccc(Cl)c(Cl)c2)C1. The van der Waals surface area contributed by atoms with Gasteiger partial charge in [0.2, 0.25) is 5.91 Å². The third kappa shape index (κ3) is 7.32. The summed E-state index contributed by atoms with van der Waals surface area (Å²) in [6.45, 7) is 3.96. The molecule has 2 heterocycles. The summed E-state index contributed by atoms with van der Waals surface area (Å²) in [5.41, 5.74) is 2.26. The van der Waals surface area contributed by atoms with Crippen LogP contribution in [0.2, 0.25) is 10.0 Å². The lowest BCUT2D eigenvalue weighted by Crippen LogP contribution is -2.54. The number of hydrogen-bond donors (Lipinski definition) is 3. The molecule has 2 saturated heterocycles. The molecule has 3 aromatic rings. The minimum Gasteiger partial charge on any atom is -0.508 e. The molecular weight excluding hydrogens is 563 g/mol. The fourth-order valence-electron chi connectivity index (χ4n) is 5.64. The van der Waals surface area contributed by atoms with Crippen LogP contribution < -0.4 is 5.32 Å². The van der Waals surface area contributed by atoms with Gasteiger partial charge >= 0.3 is 0 Å². The Labute approximate surface area is 250 Å². The first-order chi connectivity index (χ1) is 19.8. The summed E-state index contributed by atoms with van der Waals surface area (Å²) in [7, 11) is 0. The summed E-state index contributed by atoms with van der Waals surface area (Å²) in [5, 5.41) is 24.0. The van der Waals surface area contributed by atoms with Crippen molar-refractivity contribution in [3.05, 3.63) is 93.5 Å². The fraction of sp³-hybridized carbons (Fsp3) is 0.355. The number of nitrogens with zero attached hydrogens (tertiary/aromatic N) is 3. The Morgan fingerprint density at radius 3 is 2.24 bits per heavy atom. The van der Waals surface area contributed by atoms with Crippen LogP contribution in [-0.2, 0) is 11.3 Å². The van der Waals surface area contributed by atoms with E-state index in [9.17, 15) is 19.8 Å². The minimum atomic E-state index is -0.435. The van der Waals surface area contributed by atoms with Gasteiger partial charge in [-0.1, -0.05) is 59.6 Å². The lowest BCUT2D eigenvalue weighted by Gasteiger charge is -2.42. The first-order valence-corrected chi connectivity index (χ1v) is 14.6. The zero-order valence-corrected chi connectivity index (χ0v) is 24.2. The lowest BCUT2D eigenvalue weighted by molar-refractivity contribution is -0.135. The monoisotopic (exact) mass is 596 g/mol. The maximum absolute atomic E-state index is 13.5. The number of amides is 2. The highest BCUT2D eigenvalue weighted by molar-refractivity contribution is 6.42. The van der Waals surface area contributed by atoms with E-state index in [1.165, 1.54) is 23.8 Å². The van der Waals surface area contributed by atoms with Gasteiger partial charge in [0.25, 0.3) is 5.91 Å². The van der Waals surface area contributed by atoms with Crippen molar-refractivity contribution >= 4 is 35.0 Å². The van der Waals surface area contributed by atoms with Crippen LogP contribution in [0.1, 0.15) is 40.4 Å². The van der Waals surface area contributed by atoms with Gasteiger partial charge < -0.3 is 25.3 Å². The maximum Gasteiger partial charge on any atom is 0.254 e. The van der Waals surface area contributed by atoms with Crippen LogP contribution in [0.5, 0.6) is 11.5 Å². The number of hydrogen-bond acceptors (Lipinski definition) is 6. The lowest BCUT2D eigenvalue weighted by atomic mass is 10.0. The molecular formula is C31H34Cl2N4O4. The van der Waals surface area contributed by atoms with Gasteiger partial charge in [0.15, 0.2) is 0 Å². The molecule has 2 aliphatic heterocycles. The van der Waals surface area contributed by atoms with E-state index in [0.29, 0.717) is 23.1 Å². The van der Waals surface area contributed by atoms with Gasteiger partial charge in [-0.25, -0.2) is 0 Å². The Bertz CT molecular complexity index is 1360. The molecule has 1 atom stereocenters. The van der Waals surface area contributed by atoms with Gasteiger partial charge in [0.05, 0.1) is 22.6 Å². The van der Waals surface area contributed by atoms with Gasteiger partial charge in [0, 0.05) is 43.9 Å². The minimum absolute atomic E-state index is 0.0464. The van der Waals surface area contributed by atoms with Crippen molar-refractivity contribution in [1.29, 1.82) is 0 Å². The number of piperidine rings is 1. The summed E-state index contributed by atoms with van der Waals surface area (Å²) >= 11 is 12.5. The van der Waals surface area contributed by atoms with E-state index < -0.39 is 6.04 Å². The molecule has 3 aromatic carbocycles. The molecule has 2 aliphatic rings. The van der Waals surface area contributed by atoms with Crippen molar-refractivity contribution in [2.75, 3.05) is 39.3 Å². The Hall–Kier alpha value is -3.30. The molecule has 1 unspecified atom stereocenters. The fourth-order valence-corrected chi connectivity index (χ4v) is 5.95. The number of aromatic hydroxyl groups is 2. The molecule has 3 N–H and O–H groups in total. The molecule has 2 fully saturated rings. The van der Waals surface area contributed by atoms with E-state index >= 15 is 0 Å². The van der Waals surface area contributed by atoms with Crippen LogP contribution in [0.15, 0.2) is 66.7 Å². The topological polar surface area (TPSA) is 96.4 Å². The third-order valence-corrected chi connectivity index (χ3v) is 8.58.